The normalized spacial score (nSPS) is 13.6. The maximum atomic E-state index is 13.1. The molecule has 1 saturated heterocycles. The summed E-state index contributed by atoms with van der Waals surface area (Å²) >= 11 is 3.48. The molecule has 0 spiro atoms. The molecule has 1 aliphatic heterocycles. The molecule has 3 heterocycles. The van der Waals surface area contributed by atoms with Gasteiger partial charge in [-0.1, -0.05) is 18.2 Å². The number of nitrogens with one attached hydrogen (secondary N) is 2. The Labute approximate surface area is 235 Å². The second-order valence-electron chi connectivity index (χ2n) is 8.67. The fourth-order valence-corrected chi connectivity index (χ4v) is 4.57. The zero-order valence-corrected chi connectivity index (χ0v) is 23.0. The molecule has 5 rings (SSSR count). The Bertz CT molecular complexity index is 1390. The van der Waals surface area contributed by atoms with Crippen LogP contribution in [-0.2, 0) is 0 Å². The number of anilines is 5. The third-order valence-corrected chi connectivity index (χ3v) is 6.84. The van der Waals surface area contributed by atoms with Gasteiger partial charge in [0.05, 0.1) is 11.1 Å². The highest BCUT2D eigenvalue weighted by molar-refractivity contribution is 9.10. The molecule has 3 N–H and O–H groups in total. The Hall–Kier alpha value is -3.44. The van der Waals surface area contributed by atoms with Crippen LogP contribution in [0.25, 0.3) is 5.69 Å². The van der Waals surface area contributed by atoms with Crippen LogP contribution in [0.15, 0.2) is 88.4 Å². The molecular formula is C27H29BrClN7O2. The SMILES string of the molecule is Cl.O=c1c(Nc2nc(Nc3ccc(N4CCN(CCO)CC4)cc3)ncc2Br)cccn1-c1ccccc1. The molecule has 38 heavy (non-hydrogen) atoms. The molecule has 0 bridgehead atoms. The van der Waals surface area contributed by atoms with Gasteiger partial charge in [-0.05, 0) is 64.5 Å². The third kappa shape index (κ3) is 6.51. The first kappa shape index (κ1) is 27.6. The first-order valence-corrected chi connectivity index (χ1v) is 12.9. The molecule has 198 valence electrons. The van der Waals surface area contributed by atoms with Gasteiger partial charge in [-0.2, -0.15) is 4.98 Å². The summed E-state index contributed by atoms with van der Waals surface area (Å²) in [4.78, 5) is 26.7. The number of aromatic nitrogens is 3. The first-order valence-electron chi connectivity index (χ1n) is 12.1. The van der Waals surface area contributed by atoms with E-state index in [0.717, 1.165) is 49.8 Å². The van der Waals surface area contributed by atoms with E-state index in [4.69, 9.17) is 5.11 Å². The van der Waals surface area contributed by atoms with Crippen molar-refractivity contribution in [2.24, 2.45) is 0 Å². The second-order valence-corrected chi connectivity index (χ2v) is 9.53. The number of hydrogen-bond acceptors (Lipinski definition) is 8. The summed E-state index contributed by atoms with van der Waals surface area (Å²) in [7, 11) is 0. The highest BCUT2D eigenvalue weighted by Crippen LogP contribution is 2.25. The van der Waals surface area contributed by atoms with Crippen molar-refractivity contribution in [3.63, 3.8) is 0 Å². The highest BCUT2D eigenvalue weighted by Gasteiger charge is 2.17. The predicted octanol–water partition coefficient (Wildman–Crippen LogP) is 4.41. The number of halogens is 2. The van der Waals surface area contributed by atoms with E-state index in [2.05, 4.69) is 58.5 Å². The van der Waals surface area contributed by atoms with E-state index in [1.165, 1.54) is 0 Å². The van der Waals surface area contributed by atoms with Crippen LogP contribution in [0.1, 0.15) is 0 Å². The van der Waals surface area contributed by atoms with Crippen molar-refractivity contribution < 1.29 is 5.11 Å². The average molecular weight is 599 g/mol. The van der Waals surface area contributed by atoms with Crippen molar-refractivity contribution in [1.82, 2.24) is 19.4 Å². The molecule has 0 aliphatic carbocycles. The number of pyridine rings is 1. The minimum absolute atomic E-state index is 0. The monoisotopic (exact) mass is 597 g/mol. The number of piperazine rings is 1. The quantitative estimate of drug-likeness (QED) is 0.274. The van der Waals surface area contributed by atoms with Gasteiger partial charge < -0.3 is 20.6 Å². The molecule has 2 aromatic heterocycles. The van der Waals surface area contributed by atoms with Crippen LogP contribution in [0.2, 0.25) is 0 Å². The molecule has 0 radical (unpaired) electrons. The van der Waals surface area contributed by atoms with Gasteiger partial charge in [-0.3, -0.25) is 14.3 Å². The molecule has 1 fully saturated rings. The van der Waals surface area contributed by atoms with Crippen LogP contribution in [-0.4, -0.2) is 63.9 Å². The summed E-state index contributed by atoms with van der Waals surface area (Å²) < 4.78 is 2.23. The maximum Gasteiger partial charge on any atom is 0.278 e. The summed E-state index contributed by atoms with van der Waals surface area (Å²) in [5.74, 6) is 0.896. The maximum absolute atomic E-state index is 13.1. The van der Waals surface area contributed by atoms with E-state index in [-0.39, 0.29) is 24.6 Å². The third-order valence-electron chi connectivity index (χ3n) is 6.26. The van der Waals surface area contributed by atoms with Gasteiger partial charge in [-0.15, -0.1) is 12.4 Å². The van der Waals surface area contributed by atoms with E-state index in [0.29, 0.717) is 21.9 Å². The smallest absolute Gasteiger partial charge is 0.278 e. The number of benzene rings is 2. The Kier molecular flexibility index (Phi) is 9.35. The van der Waals surface area contributed by atoms with Crippen molar-refractivity contribution in [3.05, 3.63) is 94.0 Å². The molecule has 0 atom stereocenters. The molecular weight excluding hydrogens is 570 g/mol. The van der Waals surface area contributed by atoms with E-state index < -0.39 is 0 Å². The van der Waals surface area contributed by atoms with Crippen molar-refractivity contribution >= 4 is 57.2 Å². The molecule has 4 aromatic rings. The average Bonchev–Trinajstić information content (AvgIpc) is 2.93. The largest absolute Gasteiger partial charge is 0.395 e. The molecule has 0 unspecified atom stereocenters. The summed E-state index contributed by atoms with van der Waals surface area (Å²) in [6.45, 7) is 4.69. The van der Waals surface area contributed by atoms with Gasteiger partial charge in [0.1, 0.15) is 5.69 Å². The Morgan fingerprint density at radius 2 is 1.63 bits per heavy atom. The number of aliphatic hydroxyl groups excluding tert-OH is 1. The van der Waals surface area contributed by atoms with Gasteiger partial charge in [0.25, 0.3) is 5.56 Å². The van der Waals surface area contributed by atoms with E-state index >= 15 is 0 Å². The van der Waals surface area contributed by atoms with E-state index in [1.807, 2.05) is 48.5 Å². The van der Waals surface area contributed by atoms with Gasteiger partial charge in [-0.25, -0.2) is 4.98 Å². The molecule has 0 saturated carbocycles. The van der Waals surface area contributed by atoms with Gasteiger partial charge in [0, 0.05) is 62.2 Å². The van der Waals surface area contributed by atoms with Crippen LogP contribution in [0.4, 0.5) is 28.8 Å². The Morgan fingerprint density at radius 1 is 0.895 bits per heavy atom. The zero-order chi connectivity index (χ0) is 25.6. The van der Waals surface area contributed by atoms with E-state index in [1.54, 1.807) is 23.0 Å². The molecule has 9 nitrogen and oxygen atoms in total. The topological polar surface area (TPSA) is 98.6 Å². The Balaban J connectivity index is 0.00000336. The fourth-order valence-electron chi connectivity index (χ4n) is 4.28. The molecule has 0 amide bonds. The number of rotatable bonds is 8. The number of hydrogen-bond donors (Lipinski definition) is 3. The van der Waals surface area contributed by atoms with Crippen LogP contribution in [0.5, 0.6) is 0 Å². The lowest BCUT2D eigenvalue weighted by Crippen LogP contribution is -2.47. The summed E-state index contributed by atoms with van der Waals surface area (Å²) in [5, 5.41) is 15.5. The van der Waals surface area contributed by atoms with Crippen LogP contribution >= 0.6 is 28.3 Å². The zero-order valence-electron chi connectivity index (χ0n) is 20.6. The lowest BCUT2D eigenvalue weighted by molar-refractivity contribution is 0.189. The first-order chi connectivity index (χ1) is 18.1. The summed E-state index contributed by atoms with van der Waals surface area (Å²) in [6.07, 6.45) is 3.39. The van der Waals surface area contributed by atoms with Crippen LogP contribution in [0, 0.1) is 0 Å². The lowest BCUT2D eigenvalue weighted by Gasteiger charge is -2.35. The fraction of sp³-hybridized carbons (Fsp3) is 0.222. The number of para-hydroxylation sites is 1. The number of nitrogens with zero attached hydrogens (tertiary/aromatic N) is 5. The molecule has 2 aromatic carbocycles. The standard InChI is InChI=1S/C27H28BrN7O2.ClH/c28-23-19-29-27(30-20-8-10-21(11-9-20)34-15-13-33(14-16-34)17-18-36)32-25(23)31-24-7-4-12-35(26(24)37)22-5-2-1-3-6-22;/h1-12,19,36H,13-18H2,(H2,29,30,31,32);1H. The summed E-state index contributed by atoms with van der Waals surface area (Å²) in [5.41, 5.74) is 3.03. The van der Waals surface area contributed by atoms with Crippen LogP contribution in [0.3, 0.4) is 0 Å². The molecule has 1 aliphatic rings. The van der Waals surface area contributed by atoms with Gasteiger partial charge >= 0.3 is 0 Å². The highest BCUT2D eigenvalue weighted by atomic mass is 79.9. The predicted molar refractivity (Wildman–Crippen MR) is 158 cm³/mol. The lowest BCUT2D eigenvalue weighted by atomic mass is 10.2. The minimum Gasteiger partial charge on any atom is -0.395 e. The van der Waals surface area contributed by atoms with Gasteiger partial charge in [0.15, 0.2) is 5.82 Å². The number of aliphatic hydroxyl groups is 1. The Morgan fingerprint density at radius 3 is 2.34 bits per heavy atom. The van der Waals surface area contributed by atoms with Crippen molar-refractivity contribution in [3.8, 4) is 5.69 Å². The van der Waals surface area contributed by atoms with Crippen molar-refractivity contribution in [2.45, 2.75) is 0 Å². The van der Waals surface area contributed by atoms with Gasteiger partial charge in [0.2, 0.25) is 5.95 Å². The second kappa shape index (κ2) is 12.9. The van der Waals surface area contributed by atoms with Crippen molar-refractivity contribution in [2.75, 3.05) is 54.9 Å². The minimum atomic E-state index is -0.179. The van der Waals surface area contributed by atoms with Crippen LogP contribution < -0.4 is 21.1 Å². The molecule has 11 heteroatoms. The van der Waals surface area contributed by atoms with Crippen molar-refractivity contribution in [1.29, 1.82) is 0 Å². The number of β-amino-alcohol motifs (C(OH)–C–C–N with tert-alkyl or cyclic N) is 1. The van der Waals surface area contributed by atoms with E-state index in [9.17, 15) is 4.79 Å². The summed E-state index contributed by atoms with van der Waals surface area (Å²) in [6, 6.07) is 21.2.